The molecule has 1 rings (SSSR count). The van der Waals surface area contributed by atoms with Gasteiger partial charge in [0.2, 0.25) is 0 Å². The maximum absolute atomic E-state index is 10.0. The van der Waals surface area contributed by atoms with E-state index >= 15 is 0 Å². The first-order valence-electron chi connectivity index (χ1n) is 5.43. The van der Waals surface area contributed by atoms with E-state index in [4.69, 9.17) is 5.73 Å². The summed E-state index contributed by atoms with van der Waals surface area (Å²) in [6, 6.07) is -0.0244. The Hall–Kier alpha value is -0.0800. The van der Waals surface area contributed by atoms with E-state index in [0.717, 1.165) is 25.7 Å². The van der Waals surface area contributed by atoms with Crippen molar-refractivity contribution in [1.82, 2.24) is 0 Å². The first-order chi connectivity index (χ1) is 5.96. The molecule has 0 aromatic carbocycles. The molecule has 78 valence electrons. The van der Waals surface area contributed by atoms with Gasteiger partial charge in [-0.15, -0.1) is 0 Å². The van der Waals surface area contributed by atoms with Gasteiger partial charge in [0.25, 0.3) is 0 Å². The highest BCUT2D eigenvalue weighted by molar-refractivity contribution is 4.98. The molecule has 1 saturated carbocycles. The summed E-state index contributed by atoms with van der Waals surface area (Å²) in [6.07, 6.45) is 4.05. The number of hydrogen-bond donors (Lipinski definition) is 2. The standard InChI is InChI=1S/C11H23NO/c1-8(2)7-9(3)10(12)11(13)5-4-6-11/h8-10,13H,4-7,12H2,1-3H3. The third kappa shape index (κ3) is 2.44. The summed E-state index contributed by atoms with van der Waals surface area (Å²) in [5.74, 6) is 1.11. The van der Waals surface area contributed by atoms with Crippen LogP contribution in [0.4, 0.5) is 0 Å². The Morgan fingerprint density at radius 2 is 1.85 bits per heavy atom. The van der Waals surface area contributed by atoms with Crippen LogP contribution in [0.15, 0.2) is 0 Å². The second kappa shape index (κ2) is 3.97. The lowest BCUT2D eigenvalue weighted by Crippen LogP contribution is -2.56. The molecular weight excluding hydrogens is 162 g/mol. The van der Waals surface area contributed by atoms with Crippen LogP contribution in [0.1, 0.15) is 46.5 Å². The Balaban J connectivity index is 2.41. The van der Waals surface area contributed by atoms with Crippen LogP contribution in [0.3, 0.4) is 0 Å². The quantitative estimate of drug-likeness (QED) is 0.703. The molecule has 2 heteroatoms. The summed E-state index contributed by atoms with van der Waals surface area (Å²) in [5.41, 5.74) is 5.52. The van der Waals surface area contributed by atoms with Gasteiger partial charge in [-0.2, -0.15) is 0 Å². The molecule has 13 heavy (non-hydrogen) atoms. The van der Waals surface area contributed by atoms with Gasteiger partial charge >= 0.3 is 0 Å². The highest BCUT2D eigenvalue weighted by Crippen LogP contribution is 2.37. The van der Waals surface area contributed by atoms with E-state index in [1.807, 2.05) is 0 Å². The Labute approximate surface area is 81.5 Å². The van der Waals surface area contributed by atoms with Gasteiger partial charge < -0.3 is 10.8 Å². The van der Waals surface area contributed by atoms with E-state index in [1.54, 1.807) is 0 Å². The fraction of sp³-hybridized carbons (Fsp3) is 1.00. The third-order valence-corrected chi connectivity index (χ3v) is 3.30. The molecule has 0 saturated heterocycles. The van der Waals surface area contributed by atoms with Crippen molar-refractivity contribution in [1.29, 1.82) is 0 Å². The molecule has 2 unspecified atom stereocenters. The molecule has 1 aliphatic rings. The van der Waals surface area contributed by atoms with Crippen LogP contribution < -0.4 is 5.73 Å². The molecule has 0 heterocycles. The first-order valence-corrected chi connectivity index (χ1v) is 5.43. The number of hydrogen-bond acceptors (Lipinski definition) is 2. The van der Waals surface area contributed by atoms with Gasteiger partial charge in [0, 0.05) is 6.04 Å². The fourth-order valence-corrected chi connectivity index (χ4v) is 2.29. The van der Waals surface area contributed by atoms with Crippen molar-refractivity contribution in [3.05, 3.63) is 0 Å². The van der Waals surface area contributed by atoms with Gasteiger partial charge in [0.05, 0.1) is 5.60 Å². The normalized spacial score (nSPS) is 25.4. The zero-order valence-corrected chi connectivity index (χ0v) is 9.09. The molecule has 1 aliphatic carbocycles. The van der Waals surface area contributed by atoms with Crippen LogP contribution in [0.25, 0.3) is 0 Å². The van der Waals surface area contributed by atoms with Gasteiger partial charge in [-0.3, -0.25) is 0 Å². The van der Waals surface area contributed by atoms with Crippen molar-refractivity contribution in [3.8, 4) is 0 Å². The maximum Gasteiger partial charge on any atom is 0.0800 e. The Morgan fingerprint density at radius 3 is 2.15 bits per heavy atom. The van der Waals surface area contributed by atoms with Crippen molar-refractivity contribution < 1.29 is 5.11 Å². The van der Waals surface area contributed by atoms with E-state index in [0.29, 0.717) is 11.8 Å². The van der Waals surface area contributed by atoms with Crippen molar-refractivity contribution >= 4 is 0 Å². The van der Waals surface area contributed by atoms with Gasteiger partial charge in [0.1, 0.15) is 0 Å². The Bertz CT molecular complexity index is 163. The second-order valence-electron chi connectivity index (χ2n) is 5.09. The molecular formula is C11H23NO. The van der Waals surface area contributed by atoms with Crippen molar-refractivity contribution in [2.45, 2.75) is 58.1 Å². The summed E-state index contributed by atoms with van der Waals surface area (Å²) in [5, 5.41) is 10.0. The van der Waals surface area contributed by atoms with Gasteiger partial charge in [-0.25, -0.2) is 0 Å². The molecule has 0 aromatic heterocycles. The fourth-order valence-electron chi connectivity index (χ4n) is 2.29. The van der Waals surface area contributed by atoms with E-state index in [2.05, 4.69) is 20.8 Å². The lowest BCUT2D eigenvalue weighted by Gasteiger charge is -2.44. The second-order valence-corrected chi connectivity index (χ2v) is 5.09. The van der Waals surface area contributed by atoms with Gasteiger partial charge in [-0.05, 0) is 37.5 Å². The van der Waals surface area contributed by atoms with Crippen molar-refractivity contribution in [2.75, 3.05) is 0 Å². The molecule has 0 aliphatic heterocycles. The lowest BCUT2D eigenvalue weighted by atomic mass is 9.70. The summed E-state index contributed by atoms with van der Waals surface area (Å²) >= 11 is 0. The predicted molar refractivity (Wildman–Crippen MR) is 55.4 cm³/mol. The molecule has 0 bridgehead atoms. The molecule has 2 nitrogen and oxygen atoms in total. The smallest absolute Gasteiger partial charge is 0.0800 e. The summed E-state index contributed by atoms with van der Waals surface area (Å²) in [7, 11) is 0. The van der Waals surface area contributed by atoms with Crippen molar-refractivity contribution in [2.24, 2.45) is 17.6 Å². The Kier molecular flexibility index (Phi) is 3.36. The van der Waals surface area contributed by atoms with E-state index < -0.39 is 5.60 Å². The summed E-state index contributed by atoms with van der Waals surface area (Å²) in [6.45, 7) is 6.56. The minimum Gasteiger partial charge on any atom is -0.388 e. The summed E-state index contributed by atoms with van der Waals surface area (Å²) < 4.78 is 0. The molecule has 0 amide bonds. The van der Waals surface area contributed by atoms with Crippen molar-refractivity contribution in [3.63, 3.8) is 0 Å². The largest absolute Gasteiger partial charge is 0.388 e. The molecule has 1 fully saturated rings. The molecule has 3 N–H and O–H groups in total. The highest BCUT2D eigenvalue weighted by Gasteiger charge is 2.42. The molecule has 0 radical (unpaired) electrons. The van der Waals surface area contributed by atoms with Gasteiger partial charge in [0.15, 0.2) is 0 Å². The number of nitrogens with two attached hydrogens (primary N) is 1. The average molecular weight is 185 g/mol. The van der Waals surface area contributed by atoms with Gasteiger partial charge in [-0.1, -0.05) is 20.8 Å². The Morgan fingerprint density at radius 1 is 1.31 bits per heavy atom. The van der Waals surface area contributed by atoms with E-state index in [1.165, 1.54) is 0 Å². The van der Waals surface area contributed by atoms with Crippen LogP contribution in [0, 0.1) is 11.8 Å². The lowest BCUT2D eigenvalue weighted by molar-refractivity contribution is -0.0693. The zero-order valence-electron chi connectivity index (χ0n) is 9.09. The van der Waals surface area contributed by atoms with Crippen LogP contribution in [0.2, 0.25) is 0 Å². The maximum atomic E-state index is 10.0. The zero-order chi connectivity index (χ0) is 10.1. The minimum absolute atomic E-state index is 0.0244. The monoisotopic (exact) mass is 185 g/mol. The average Bonchev–Trinajstić information content (AvgIpc) is 1.97. The first kappa shape index (κ1) is 11.0. The topological polar surface area (TPSA) is 46.2 Å². The van der Waals surface area contributed by atoms with E-state index in [-0.39, 0.29) is 6.04 Å². The molecule has 0 aromatic rings. The predicted octanol–water partition coefficient (Wildman–Crippen LogP) is 1.91. The van der Waals surface area contributed by atoms with Crippen LogP contribution in [-0.4, -0.2) is 16.7 Å². The molecule has 0 spiro atoms. The number of rotatable bonds is 4. The highest BCUT2D eigenvalue weighted by atomic mass is 16.3. The van der Waals surface area contributed by atoms with Crippen LogP contribution >= 0.6 is 0 Å². The third-order valence-electron chi connectivity index (χ3n) is 3.30. The number of aliphatic hydroxyl groups is 1. The van der Waals surface area contributed by atoms with Crippen LogP contribution in [-0.2, 0) is 0 Å². The van der Waals surface area contributed by atoms with Crippen LogP contribution in [0.5, 0.6) is 0 Å². The minimum atomic E-state index is -0.533. The molecule has 2 atom stereocenters. The SMILES string of the molecule is CC(C)CC(C)C(N)C1(O)CCC1. The summed E-state index contributed by atoms with van der Waals surface area (Å²) in [4.78, 5) is 0. The van der Waals surface area contributed by atoms with E-state index in [9.17, 15) is 5.11 Å².